The van der Waals surface area contributed by atoms with Crippen LogP contribution < -0.4 is 0 Å². The smallest absolute Gasteiger partial charge is 0.0882 e. The maximum Gasteiger partial charge on any atom is 0.0882 e. The van der Waals surface area contributed by atoms with E-state index >= 15 is 0 Å². The van der Waals surface area contributed by atoms with Crippen LogP contribution in [-0.2, 0) is 0 Å². The average molecular weight is 289 g/mol. The van der Waals surface area contributed by atoms with E-state index in [4.69, 9.17) is 69.6 Å². The Kier molecular flexibility index (Phi) is 4.17. The third-order valence-corrected chi connectivity index (χ3v) is 5.19. The van der Waals surface area contributed by atoms with Gasteiger partial charge in [-0.25, -0.2) is 0 Å². The molecule has 1 aliphatic carbocycles. The van der Waals surface area contributed by atoms with Gasteiger partial charge < -0.3 is 0 Å². The van der Waals surface area contributed by atoms with Gasteiger partial charge >= 0.3 is 0 Å². The van der Waals surface area contributed by atoms with E-state index in [1.807, 2.05) is 0 Å². The lowest BCUT2D eigenvalue weighted by atomic mass is 10.1. The molecule has 0 aromatic rings. The molecule has 0 aliphatic heterocycles. The fourth-order valence-electron chi connectivity index (χ4n) is 0.866. The molecule has 6 heteroatoms. The van der Waals surface area contributed by atoms with E-state index < -0.39 is 21.5 Å². The van der Waals surface area contributed by atoms with Gasteiger partial charge in [0.2, 0.25) is 0 Å². The van der Waals surface area contributed by atoms with Crippen LogP contribution in [0.3, 0.4) is 0 Å². The van der Waals surface area contributed by atoms with Crippen molar-refractivity contribution in [2.45, 2.75) is 21.5 Å². The van der Waals surface area contributed by atoms with Crippen LogP contribution in [0.1, 0.15) is 0 Å². The largest absolute Gasteiger partial charge is 0.119 e. The third-order valence-electron chi connectivity index (χ3n) is 1.58. The van der Waals surface area contributed by atoms with Gasteiger partial charge in [0.15, 0.2) is 0 Å². The molecule has 0 bridgehead atoms. The van der Waals surface area contributed by atoms with Crippen LogP contribution in [0.2, 0.25) is 0 Å². The van der Waals surface area contributed by atoms with Gasteiger partial charge in [0.25, 0.3) is 0 Å². The monoisotopic (exact) mass is 286 g/mol. The lowest BCUT2D eigenvalue weighted by molar-refractivity contribution is 0.742. The molecule has 0 unspecified atom stereocenters. The molecule has 0 nitrogen and oxygen atoms in total. The molecule has 0 saturated carbocycles. The van der Waals surface area contributed by atoms with Crippen molar-refractivity contribution >= 4 is 69.6 Å². The molecule has 1 aliphatic rings. The molecule has 0 fully saturated rings. The fraction of sp³-hybridized carbons (Fsp3) is 0.667. The van der Waals surface area contributed by atoms with Gasteiger partial charge in [-0.15, -0.1) is 46.4 Å². The molecular weight excluding hydrogens is 285 g/mol. The Bertz CT molecular complexity index is 190. The Morgan fingerprint density at radius 1 is 0.667 bits per heavy atom. The maximum absolute atomic E-state index is 5.85. The maximum atomic E-state index is 5.85. The van der Waals surface area contributed by atoms with Gasteiger partial charge in [0.05, 0.1) is 31.6 Å². The molecule has 0 heterocycles. The predicted molar refractivity (Wildman–Crippen MR) is 57.3 cm³/mol. The summed E-state index contributed by atoms with van der Waals surface area (Å²) in [5, 5.41) is -1.53. The van der Waals surface area contributed by atoms with Gasteiger partial charge in [-0.1, -0.05) is 23.2 Å². The van der Waals surface area contributed by atoms with Crippen LogP contribution in [0.4, 0.5) is 0 Å². The summed E-state index contributed by atoms with van der Waals surface area (Å²) in [6.07, 6.45) is 0. The average Bonchev–Trinajstić information content (AvgIpc) is 2.08. The lowest BCUT2D eigenvalue weighted by Crippen LogP contribution is -2.38. The van der Waals surface area contributed by atoms with Crippen molar-refractivity contribution < 1.29 is 0 Å². The molecular formula is C6H4Cl6. The highest BCUT2D eigenvalue weighted by molar-refractivity contribution is 6.50. The molecule has 0 aromatic carbocycles. The Hall–Kier alpha value is 1.48. The molecule has 1 rings (SSSR count). The second-order valence-corrected chi connectivity index (χ2v) is 5.15. The first-order valence-corrected chi connectivity index (χ1v) is 5.58. The van der Waals surface area contributed by atoms with E-state index in [-0.39, 0.29) is 10.1 Å². The van der Waals surface area contributed by atoms with Crippen molar-refractivity contribution in [1.82, 2.24) is 0 Å². The Balaban J connectivity index is 3.00. The third kappa shape index (κ3) is 1.94. The second kappa shape index (κ2) is 4.33. The fourth-order valence-corrected chi connectivity index (χ4v) is 2.85. The molecule has 0 spiro atoms. The Morgan fingerprint density at radius 2 is 0.917 bits per heavy atom. The minimum absolute atomic E-state index is 0.287. The minimum Gasteiger partial charge on any atom is -0.119 e. The van der Waals surface area contributed by atoms with Crippen molar-refractivity contribution in [3.63, 3.8) is 0 Å². The summed E-state index contributed by atoms with van der Waals surface area (Å²) in [6.45, 7) is 0. The summed E-state index contributed by atoms with van der Waals surface area (Å²) in [4.78, 5) is 0. The van der Waals surface area contributed by atoms with Crippen LogP contribution in [0.15, 0.2) is 10.1 Å². The zero-order valence-corrected chi connectivity index (χ0v) is 10.1. The quantitative estimate of drug-likeness (QED) is 0.588. The van der Waals surface area contributed by atoms with E-state index in [0.717, 1.165) is 0 Å². The van der Waals surface area contributed by atoms with E-state index in [0.29, 0.717) is 0 Å². The molecule has 12 heavy (non-hydrogen) atoms. The summed E-state index contributed by atoms with van der Waals surface area (Å²) in [5.41, 5.74) is 0. The van der Waals surface area contributed by atoms with E-state index in [1.165, 1.54) is 0 Å². The van der Waals surface area contributed by atoms with Crippen molar-refractivity contribution in [3.8, 4) is 0 Å². The molecule has 0 saturated heterocycles. The van der Waals surface area contributed by atoms with Crippen LogP contribution in [0.25, 0.3) is 0 Å². The standard InChI is InChI=1S/C6H4Cl6/c7-1-2(8)4(10)6(12)5(11)3(1)9/h1-4H/t1-,2-,3+,4+/m0/s1. The molecule has 0 amide bonds. The van der Waals surface area contributed by atoms with Gasteiger partial charge in [-0.2, -0.15) is 0 Å². The van der Waals surface area contributed by atoms with E-state index in [2.05, 4.69) is 0 Å². The van der Waals surface area contributed by atoms with E-state index in [1.54, 1.807) is 0 Å². The van der Waals surface area contributed by atoms with Crippen molar-refractivity contribution in [2.24, 2.45) is 0 Å². The number of allylic oxidation sites excluding steroid dienone is 2. The first-order chi connectivity index (χ1) is 5.46. The van der Waals surface area contributed by atoms with Crippen molar-refractivity contribution in [2.75, 3.05) is 0 Å². The number of alkyl halides is 4. The molecule has 0 aromatic heterocycles. The van der Waals surface area contributed by atoms with Gasteiger partial charge in [-0.05, 0) is 0 Å². The first kappa shape index (κ1) is 11.6. The normalized spacial score (nSPS) is 43.5. The van der Waals surface area contributed by atoms with Crippen LogP contribution in [0, 0.1) is 0 Å². The lowest BCUT2D eigenvalue weighted by Gasteiger charge is -2.30. The zero-order valence-electron chi connectivity index (χ0n) is 5.58. The van der Waals surface area contributed by atoms with E-state index in [9.17, 15) is 0 Å². The number of hydrogen-bond donors (Lipinski definition) is 0. The molecule has 70 valence electrons. The topological polar surface area (TPSA) is 0 Å². The van der Waals surface area contributed by atoms with Gasteiger partial charge in [-0.3, -0.25) is 0 Å². The van der Waals surface area contributed by atoms with Crippen molar-refractivity contribution in [1.29, 1.82) is 0 Å². The summed E-state index contributed by atoms with van der Waals surface area (Å²) >= 11 is 34.9. The highest BCUT2D eigenvalue weighted by Gasteiger charge is 2.40. The molecule has 0 radical (unpaired) electrons. The summed E-state index contributed by atoms with van der Waals surface area (Å²) in [5.74, 6) is 0. The second-order valence-electron chi connectivity index (χ2n) is 2.39. The first-order valence-electron chi connectivity index (χ1n) is 3.08. The SMILES string of the molecule is ClC1=C(Cl)[C@H](Cl)[C@@H](Cl)[C@H](Cl)[C@H]1Cl. The summed E-state index contributed by atoms with van der Waals surface area (Å²) in [6, 6.07) is 0. The number of halogens is 6. The molecule has 0 N–H and O–H groups in total. The Labute approximate surface area is 101 Å². The number of rotatable bonds is 0. The summed E-state index contributed by atoms with van der Waals surface area (Å²) in [7, 11) is 0. The van der Waals surface area contributed by atoms with Crippen molar-refractivity contribution in [3.05, 3.63) is 10.1 Å². The highest BCUT2D eigenvalue weighted by atomic mass is 35.5. The minimum atomic E-state index is -0.557. The van der Waals surface area contributed by atoms with Gasteiger partial charge in [0, 0.05) is 0 Å². The summed E-state index contributed by atoms with van der Waals surface area (Å²) < 4.78 is 0. The Morgan fingerprint density at radius 3 is 1.17 bits per heavy atom. The van der Waals surface area contributed by atoms with Crippen LogP contribution in [-0.4, -0.2) is 21.5 Å². The predicted octanol–water partition coefficient (Wildman–Crippen LogP) is 4.12. The highest BCUT2D eigenvalue weighted by Crippen LogP contribution is 2.41. The number of hydrogen-bond acceptors (Lipinski definition) is 0. The van der Waals surface area contributed by atoms with Gasteiger partial charge in [0.1, 0.15) is 0 Å². The zero-order chi connectivity index (χ0) is 9.46. The van der Waals surface area contributed by atoms with Crippen LogP contribution >= 0.6 is 69.6 Å². The van der Waals surface area contributed by atoms with Crippen LogP contribution in [0.5, 0.6) is 0 Å². The molecule has 4 atom stereocenters.